The lowest BCUT2D eigenvalue weighted by Crippen LogP contribution is -2.35. The molecule has 6 nitrogen and oxygen atoms in total. The fraction of sp³-hybridized carbons (Fsp3) is 0.391. The van der Waals surface area contributed by atoms with E-state index in [1.807, 2.05) is 13.0 Å². The maximum Gasteiger partial charge on any atom is 0.256 e. The number of carbonyl (C=O) groups is 2. The Kier molecular flexibility index (Phi) is 7.25. The van der Waals surface area contributed by atoms with Crippen molar-refractivity contribution >= 4 is 28.9 Å². The highest BCUT2D eigenvalue weighted by Crippen LogP contribution is 2.18. The summed E-state index contributed by atoms with van der Waals surface area (Å²) in [7, 11) is 0. The van der Waals surface area contributed by atoms with Crippen LogP contribution in [0.3, 0.4) is 0 Å². The molecule has 2 amide bonds. The van der Waals surface area contributed by atoms with Gasteiger partial charge in [0, 0.05) is 22.6 Å². The summed E-state index contributed by atoms with van der Waals surface area (Å²) >= 11 is 0. The lowest BCUT2D eigenvalue weighted by atomic mass is 10.1. The Hall–Kier alpha value is -2.86. The summed E-state index contributed by atoms with van der Waals surface area (Å²) in [6, 6.07) is 12.4. The van der Waals surface area contributed by atoms with Crippen LogP contribution in [-0.2, 0) is 4.79 Å². The zero-order valence-corrected chi connectivity index (χ0v) is 17.0. The second kappa shape index (κ2) is 10.1. The number of anilines is 3. The predicted molar refractivity (Wildman–Crippen MR) is 118 cm³/mol. The van der Waals surface area contributed by atoms with Crippen molar-refractivity contribution in [3.8, 4) is 0 Å². The highest BCUT2D eigenvalue weighted by atomic mass is 16.2. The summed E-state index contributed by atoms with van der Waals surface area (Å²) in [5, 5.41) is 5.81. The summed E-state index contributed by atoms with van der Waals surface area (Å²) in [5.74, 6) is -0.207. The minimum absolute atomic E-state index is 0.00209. The molecule has 6 heteroatoms. The minimum atomic E-state index is -0.205. The van der Waals surface area contributed by atoms with E-state index < -0.39 is 0 Å². The topological polar surface area (TPSA) is 87.5 Å². The Morgan fingerprint density at radius 1 is 0.897 bits per heavy atom. The first kappa shape index (κ1) is 20.9. The van der Waals surface area contributed by atoms with Crippen molar-refractivity contribution in [1.82, 2.24) is 4.90 Å². The SMILES string of the molecule is Cc1ccc(N)cc1C(=O)Nc1ccc(NC(=O)CN2CCCCCCC2)cc1. The number of nitrogens with two attached hydrogens (primary N) is 1. The third-order valence-electron chi connectivity index (χ3n) is 5.25. The molecule has 3 rings (SSSR count). The average Bonchev–Trinajstić information content (AvgIpc) is 2.67. The number of hydrogen-bond acceptors (Lipinski definition) is 4. The molecule has 154 valence electrons. The maximum atomic E-state index is 12.5. The third-order valence-corrected chi connectivity index (χ3v) is 5.25. The van der Waals surface area contributed by atoms with E-state index in [4.69, 9.17) is 5.73 Å². The molecular weight excluding hydrogens is 364 g/mol. The van der Waals surface area contributed by atoms with Gasteiger partial charge in [0.15, 0.2) is 0 Å². The number of likely N-dealkylation sites (tertiary alicyclic amines) is 1. The third kappa shape index (κ3) is 6.32. The van der Waals surface area contributed by atoms with E-state index in [-0.39, 0.29) is 11.8 Å². The van der Waals surface area contributed by atoms with Crippen LogP contribution in [0.2, 0.25) is 0 Å². The monoisotopic (exact) mass is 394 g/mol. The molecule has 29 heavy (non-hydrogen) atoms. The Morgan fingerprint density at radius 2 is 1.48 bits per heavy atom. The number of nitrogens with one attached hydrogen (secondary N) is 2. The van der Waals surface area contributed by atoms with Crippen LogP contribution in [0.25, 0.3) is 0 Å². The number of nitrogen functional groups attached to an aromatic ring is 1. The van der Waals surface area contributed by atoms with Crippen molar-refractivity contribution in [2.24, 2.45) is 0 Å². The zero-order valence-electron chi connectivity index (χ0n) is 17.0. The Balaban J connectivity index is 1.53. The molecule has 2 aromatic carbocycles. The summed E-state index contributed by atoms with van der Waals surface area (Å²) in [6.45, 7) is 4.27. The van der Waals surface area contributed by atoms with E-state index >= 15 is 0 Å². The zero-order chi connectivity index (χ0) is 20.6. The van der Waals surface area contributed by atoms with Crippen molar-refractivity contribution < 1.29 is 9.59 Å². The number of amides is 2. The van der Waals surface area contributed by atoms with Gasteiger partial charge in [-0.25, -0.2) is 0 Å². The molecule has 0 bridgehead atoms. The van der Waals surface area contributed by atoms with Gasteiger partial charge in [-0.05, 0) is 74.8 Å². The van der Waals surface area contributed by atoms with E-state index in [0.29, 0.717) is 23.5 Å². The van der Waals surface area contributed by atoms with Crippen LogP contribution in [0, 0.1) is 6.92 Å². The lowest BCUT2D eigenvalue weighted by Gasteiger charge is -2.23. The van der Waals surface area contributed by atoms with E-state index in [2.05, 4.69) is 15.5 Å². The van der Waals surface area contributed by atoms with Gasteiger partial charge in [-0.3, -0.25) is 14.5 Å². The first-order chi connectivity index (χ1) is 14.0. The molecule has 1 fully saturated rings. The molecule has 0 spiro atoms. The molecule has 1 aliphatic heterocycles. The standard InChI is InChI=1S/C23H30N4O2/c1-17-7-8-18(24)15-21(17)23(29)26-20-11-9-19(10-12-20)25-22(28)16-27-13-5-3-2-4-6-14-27/h7-12,15H,2-6,13-14,16,24H2,1H3,(H,25,28)(H,26,29). The summed E-state index contributed by atoms with van der Waals surface area (Å²) in [5.41, 5.74) is 9.14. The van der Waals surface area contributed by atoms with E-state index in [1.54, 1.807) is 36.4 Å². The van der Waals surface area contributed by atoms with Crippen LogP contribution in [0.5, 0.6) is 0 Å². The number of hydrogen-bond donors (Lipinski definition) is 3. The van der Waals surface area contributed by atoms with Crippen molar-refractivity contribution in [2.75, 3.05) is 36.0 Å². The van der Waals surface area contributed by atoms with Crippen LogP contribution in [0.4, 0.5) is 17.1 Å². The number of rotatable bonds is 5. The van der Waals surface area contributed by atoms with Crippen LogP contribution in [0.1, 0.15) is 48.0 Å². The van der Waals surface area contributed by atoms with Gasteiger partial charge in [0.05, 0.1) is 6.54 Å². The lowest BCUT2D eigenvalue weighted by molar-refractivity contribution is -0.117. The van der Waals surface area contributed by atoms with Gasteiger partial charge in [-0.15, -0.1) is 0 Å². The van der Waals surface area contributed by atoms with Crippen LogP contribution >= 0.6 is 0 Å². The van der Waals surface area contributed by atoms with Gasteiger partial charge in [-0.1, -0.05) is 25.3 Å². The van der Waals surface area contributed by atoms with Gasteiger partial charge in [-0.2, -0.15) is 0 Å². The second-order valence-electron chi connectivity index (χ2n) is 7.70. The van der Waals surface area contributed by atoms with Gasteiger partial charge in [0.1, 0.15) is 0 Å². The van der Waals surface area contributed by atoms with Gasteiger partial charge < -0.3 is 16.4 Å². The number of nitrogens with zero attached hydrogens (tertiary/aromatic N) is 1. The van der Waals surface area contributed by atoms with Crippen molar-refractivity contribution in [2.45, 2.75) is 39.0 Å². The minimum Gasteiger partial charge on any atom is -0.399 e. The summed E-state index contributed by atoms with van der Waals surface area (Å²) in [4.78, 5) is 27.1. The quantitative estimate of drug-likeness (QED) is 0.668. The fourth-order valence-corrected chi connectivity index (χ4v) is 3.59. The van der Waals surface area contributed by atoms with Crippen molar-refractivity contribution in [3.63, 3.8) is 0 Å². The van der Waals surface area contributed by atoms with Crippen LogP contribution in [0.15, 0.2) is 42.5 Å². The Labute approximate surface area is 172 Å². The van der Waals surface area contributed by atoms with Gasteiger partial charge in [0.2, 0.25) is 5.91 Å². The second-order valence-corrected chi connectivity index (χ2v) is 7.70. The van der Waals surface area contributed by atoms with E-state index in [0.717, 1.165) is 37.2 Å². The van der Waals surface area contributed by atoms with E-state index in [9.17, 15) is 9.59 Å². The number of carbonyl (C=O) groups excluding carboxylic acids is 2. The van der Waals surface area contributed by atoms with Gasteiger partial charge >= 0.3 is 0 Å². The molecular formula is C23H30N4O2. The summed E-state index contributed by atoms with van der Waals surface area (Å²) in [6.07, 6.45) is 6.13. The molecule has 0 saturated carbocycles. The first-order valence-electron chi connectivity index (χ1n) is 10.3. The molecule has 0 aromatic heterocycles. The number of aryl methyl sites for hydroxylation is 1. The molecule has 0 aliphatic carbocycles. The molecule has 4 N–H and O–H groups in total. The molecule has 0 unspecified atom stereocenters. The molecule has 1 saturated heterocycles. The number of benzene rings is 2. The highest BCUT2D eigenvalue weighted by Gasteiger charge is 2.13. The Morgan fingerprint density at radius 3 is 2.14 bits per heavy atom. The largest absolute Gasteiger partial charge is 0.399 e. The van der Waals surface area contributed by atoms with Crippen LogP contribution < -0.4 is 16.4 Å². The molecule has 0 atom stereocenters. The smallest absolute Gasteiger partial charge is 0.256 e. The fourth-order valence-electron chi connectivity index (χ4n) is 3.59. The normalized spacial score (nSPS) is 15.2. The average molecular weight is 395 g/mol. The molecule has 1 aliphatic rings. The first-order valence-corrected chi connectivity index (χ1v) is 10.3. The Bertz CT molecular complexity index is 840. The highest BCUT2D eigenvalue weighted by molar-refractivity contribution is 6.06. The predicted octanol–water partition coefficient (Wildman–Crippen LogP) is 4.03. The molecule has 2 aromatic rings. The van der Waals surface area contributed by atoms with Gasteiger partial charge in [0.25, 0.3) is 5.91 Å². The molecule has 1 heterocycles. The van der Waals surface area contributed by atoms with Crippen LogP contribution in [-0.4, -0.2) is 36.3 Å². The maximum absolute atomic E-state index is 12.5. The van der Waals surface area contributed by atoms with E-state index in [1.165, 1.54) is 19.3 Å². The van der Waals surface area contributed by atoms with Crippen molar-refractivity contribution in [1.29, 1.82) is 0 Å². The van der Waals surface area contributed by atoms with Crippen molar-refractivity contribution in [3.05, 3.63) is 53.6 Å². The summed E-state index contributed by atoms with van der Waals surface area (Å²) < 4.78 is 0. The molecule has 0 radical (unpaired) electrons.